The van der Waals surface area contributed by atoms with E-state index in [1.807, 2.05) is 6.92 Å². The molecule has 1 saturated heterocycles. The van der Waals surface area contributed by atoms with Crippen molar-refractivity contribution in [2.75, 3.05) is 6.61 Å². The van der Waals surface area contributed by atoms with Crippen LogP contribution >= 0.6 is 11.3 Å². The van der Waals surface area contributed by atoms with Gasteiger partial charge in [-0.05, 0) is 25.8 Å². The van der Waals surface area contributed by atoms with E-state index in [9.17, 15) is 4.79 Å². The van der Waals surface area contributed by atoms with E-state index in [4.69, 9.17) is 9.84 Å². The zero-order chi connectivity index (χ0) is 12.7. The minimum Gasteiger partial charge on any atom is -0.477 e. The quantitative estimate of drug-likeness (QED) is 0.925. The Morgan fingerprint density at radius 3 is 3.22 bits per heavy atom. The van der Waals surface area contributed by atoms with Gasteiger partial charge in [-0.3, -0.25) is 0 Å². The lowest BCUT2D eigenvalue weighted by Crippen LogP contribution is -2.15. The molecule has 2 aromatic rings. The van der Waals surface area contributed by atoms with E-state index in [-0.39, 0.29) is 6.10 Å². The lowest BCUT2D eigenvalue weighted by molar-refractivity contribution is 0.0702. The molecule has 1 aliphatic heterocycles. The molecule has 2 aromatic heterocycles. The van der Waals surface area contributed by atoms with Gasteiger partial charge in [0.1, 0.15) is 15.5 Å². The summed E-state index contributed by atoms with van der Waals surface area (Å²) in [4.78, 5) is 16.5. The van der Waals surface area contributed by atoms with Gasteiger partial charge in [0.15, 0.2) is 0 Å². The van der Waals surface area contributed by atoms with Gasteiger partial charge in [-0.15, -0.1) is 11.3 Å². The maximum absolute atomic E-state index is 11.0. The number of aryl methyl sites for hydroxylation is 1. The van der Waals surface area contributed by atoms with Gasteiger partial charge in [0.25, 0.3) is 0 Å². The zero-order valence-electron chi connectivity index (χ0n) is 10.0. The van der Waals surface area contributed by atoms with E-state index in [1.165, 1.54) is 11.3 Å². The molecule has 1 N–H and O–H groups in total. The summed E-state index contributed by atoms with van der Waals surface area (Å²) in [5, 5.41) is 9.00. The van der Waals surface area contributed by atoms with Crippen LogP contribution in [0.25, 0.3) is 10.3 Å². The third kappa shape index (κ3) is 1.91. The van der Waals surface area contributed by atoms with E-state index >= 15 is 0 Å². The standard InChI is InChI=1S/C12H14N2O3S/c1-7-13-11-9(5-10(18-11)12(15)16)14(7)6-8-3-2-4-17-8/h5,8H,2-4,6H2,1H3,(H,15,16)/t8-/m0/s1. The average molecular weight is 266 g/mol. The number of thiophene rings is 1. The van der Waals surface area contributed by atoms with E-state index < -0.39 is 5.97 Å². The molecule has 1 fully saturated rings. The number of hydrogen-bond donors (Lipinski definition) is 1. The normalized spacial score (nSPS) is 19.7. The molecule has 1 aliphatic rings. The third-order valence-electron chi connectivity index (χ3n) is 3.26. The van der Waals surface area contributed by atoms with Crippen LogP contribution in [0, 0.1) is 6.92 Å². The summed E-state index contributed by atoms with van der Waals surface area (Å²) in [6.07, 6.45) is 2.40. The van der Waals surface area contributed by atoms with Gasteiger partial charge in [-0.1, -0.05) is 0 Å². The Balaban J connectivity index is 1.97. The molecule has 3 heterocycles. The van der Waals surface area contributed by atoms with E-state index in [2.05, 4.69) is 9.55 Å². The molecule has 0 unspecified atom stereocenters. The smallest absolute Gasteiger partial charge is 0.346 e. The van der Waals surface area contributed by atoms with Crippen LogP contribution in [0.1, 0.15) is 28.3 Å². The molecular formula is C12H14N2O3S. The third-order valence-corrected chi connectivity index (χ3v) is 4.27. The van der Waals surface area contributed by atoms with Crippen LogP contribution in [0.15, 0.2) is 6.07 Å². The van der Waals surface area contributed by atoms with Crippen LogP contribution in [0.3, 0.4) is 0 Å². The van der Waals surface area contributed by atoms with Crippen LogP contribution < -0.4 is 0 Å². The Labute approximate surface area is 108 Å². The SMILES string of the molecule is Cc1nc2sc(C(=O)O)cc2n1C[C@@H]1CCCO1. The predicted molar refractivity (Wildman–Crippen MR) is 68.3 cm³/mol. The number of carbonyl (C=O) groups is 1. The molecule has 0 amide bonds. The first-order valence-corrected chi connectivity index (χ1v) is 6.78. The average Bonchev–Trinajstić information content (AvgIpc) is 2.98. The van der Waals surface area contributed by atoms with Crippen LogP contribution in [-0.4, -0.2) is 33.3 Å². The number of carboxylic acids is 1. The van der Waals surface area contributed by atoms with Gasteiger partial charge in [0.05, 0.1) is 18.2 Å². The topological polar surface area (TPSA) is 64.3 Å². The molecule has 0 bridgehead atoms. The van der Waals surface area contributed by atoms with E-state index in [0.717, 1.165) is 42.2 Å². The maximum Gasteiger partial charge on any atom is 0.346 e. The number of rotatable bonds is 3. The van der Waals surface area contributed by atoms with Crippen LogP contribution in [0.2, 0.25) is 0 Å². The summed E-state index contributed by atoms with van der Waals surface area (Å²) in [7, 11) is 0. The minimum atomic E-state index is -0.890. The predicted octanol–water partition coefficient (Wildman–Crippen LogP) is 2.28. The number of imidazole rings is 1. The summed E-state index contributed by atoms with van der Waals surface area (Å²) >= 11 is 1.23. The Morgan fingerprint density at radius 1 is 1.72 bits per heavy atom. The van der Waals surface area contributed by atoms with Crippen molar-refractivity contribution in [1.29, 1.82) is 0 Å². The summed E-state index contributed by atoms with van der Waals surface area (Å²) in [5.74, 6) is 0.0306. The fourth-order valence-electron chi connectivity index (χ4n) is 2.35. The number of hydrogen-bond acceptors (Lipinski definition) is 4. The maximum atomic E-state index is 11.0. The molecule has 3 rings (SSSR count). The first-order valence-electron chi connectivity index (χ1n) is 5.96. The molecule has 0 saturated carbocycles. The van der Waals surface area contributed by atoms with Crippen molar-refractivity contribution < 1.29 is 14.6 Å². The molecule has 1 atom stereocenters. The molecule has 0 aliphatic carbocycles. The second-order valence-electron chi connectivity index (χ2n) is 4.51. The highest BCUT2D eigenvalue weighted by Gasteiger charge is 2.20. The molecule has 96 valence electrons. The van der Waals surface area contributed by atoms with Crippen molar-refractivity contribution in [2.24, 2.45) is 0 Å². The van der Waals surface area contributed by atoms with Crippen molar-refractivity contribution in [3.63, 3.8) is 0 Å². The highest BCUT2D eigenvalue weighted by atomic mass is 32.1. The summed E-state index contributed by atoms with van der Waals surface area (Å²) in [5.41, 5.74) is 0.908. The monoisotopic (exact) mass is 266 g/mol. The van der Waals surface area contributed by atoms with Crippen molar-refractivity contribution in [3.8, 4) is 0 Å². The summed E-state index contributed by atoms with van der Waals surface area (Å²) in [6, 6.07) is 1.71. The highest BCUT2D eigenvalue weighted by molar-refractivity contribution is 7.20. The number of ether oxygens (including phenoxy) is 1. The van der Waals surface area contributed by atoms with Crippen molar-refractivity contribution in [2.45, 2.75) is 32.4 Å². The number of fused-ring (bicyclic) bond motifs is 1. The first-order chi connectivity index (χ1) is 8.65. The van der Waals surface area contributed by atoms with Gasteiger partial charge in [-0.25, -0.2) is 9.78 Å². The van der Waals surface area contributed by atoms with Crippen molar-refractivity contribution in [3.05, 3.63) is 16.8 Å². The summed E-state index contributed by atoms with van der Waals surface area (Å²) < 4.78 is 7.69. The number of nitrogens with zero attached hydrogens (tertiary/aromatic N) is 2. The van der Waals surface area contributed by atoms with Crippen molar-refractivity contribution in [1.82, 2.24) is 9.55 Å². The Morgan fingerprint density at radius 2 is 2.56 bits per heavy atom. The van der Waals surface area contributed by atoms with Gasteiger partial charge in [-0.2, -0.15) is 0 Å². The van der Waals surface area contributed by atoms with Gasteiger partial charge < -0.3 is 14.4 Å². The highest BCUT2D eigenvalue weighted by Crippen LogP contribution is 2.27. The van der Waals surface area contributed by atoms with Crippen LogP contribution in [-0.2, 0) is 11.3 Å². The summed E-state index contributed by atoms with van der Waals surface area (Å²) in [6.45, 7) is 3.53. The molecule has 18 heavy (non-hydrogen) atoms. The van der Waals surface area contributed by atoms with Gasteiger partial charge in [0, 0.05) is 6.61 Å². The molecule has 0 spiro atoms. The fraction of sp³-hybridized carbons (Fsp3) is 0.500. The lowest BCUT2D eigenvalue weighted by atomic mass is 10.2. The Kier molecular flexibility index (Phi) is 2.83. The van der Waals surface area contributed by atoms with E-state index in [1.54, 1.807) is 6.07 Å². The van der Waals surface area contributed by atoms with E-state index in [0.29, 0.717) is 4.88 Å². The fourth-order valence-corrected chi connectivity index (χ4v) is 3.27. The second-order valence-corrected chi connectivity index (χ2v) is 5.54. The lowest BCUT2D eigenvalue weighted by Gasteiger charge is -2.12. The zero-order valence-corrected chi connectivity index (χ0v) is 10.9. The van der Waals surface area contributed by atoms with Gasteiger partial charge in [0.2, 0.25) is 0 Å². The number of aromatic nitrogens is 2. The first kappa shape index (κ1) is 11.7. The molecular weight excluding hydrogens is 252 g/mol. The molecule has 0 aromatic carbocycles. The molecule has 0 radical (unpaired) electrons. The van der Waals surface area contributed by atoms with Gasteiger partial charge >= 0.3 is 5.97 Å². The van der Waals surface area contributed by atoms with Crippen molar-refractivity contribution >= 4 is 27.7 Å². The Bertz CT molecular complexity index is 596. The molecule has 6 heteroatoms. The molecule has 5 nitrogen and oxygen atoms in total. The second kappa shape index (κ2) is 4.37. The number of carboxylic acid groups (broad SMARTS) is 1. The van der Waals surface area contributed by atoms with Crippen LogP contribution in [0.5, 0.6) is 0 Å². The number of aromatic carboxylic acids is 1. The Hall–Kier alpha value is -1.40. The van der Waals surface area contributed by atoms with Crippen LogP contribution in [0.4, 0.5) is 0 Å². The minimum absolute atomic E-state index is 0.231. The largest absolute Gasteiger partial charge is 0.477 e.